The van der Waals surface area contributed by atoms with Gasteiger partial charge in [0.2, 0.25) is 5.95 Å². The van der Waals surface area contributed by atoms with E-state index in [2.05, 4.69) is 61.0 Å². The Morgan fingerprint density at radius 2 is 1.63 bits per heavy atom. The van der Waals surface area contributed by atoms with Crippen LogP contribution in [0, 0.1) is 12.3 Å². The van der Waals surface area contributed by atoms with Crippen LogP contribution in [0.3, 0.4) is 0 Å². The molecule has 10 heteroatoms. The topological polar surface area (TPSA) is 113 Å². The molecule has 0 atom stereocenters. The Balaban J connectivity index is 1.22. The standard InChI is InChI=1S/C39H43N9O/c1-4-14-32(19-12-13-22-40-38-43-25-33(5-2)37(46-38)42-23-30-15-8-6-9-16-30)28-48(39(49)44-24-31-17-10-7-11-18-31)36-21-20-34(26-41-36)35-27-45-47(3)29-35/h2,6-11,15-18,20-21,25-29H,4,12-14,19,22-24H2,1,3H3,(H,44,49)(H2,40,42,43,46)/b32-28+. The van der Waals surface area contributed by atoms with Gasteiger partial charge in [-0.05, 0) is 48.9 Å². The molecule has 5 rings (SSSR count). The number of allylic oxidation sites excluding steroid dienone is 1. The van der Waals surface area contributed by atoms with E-state index in [0.29, 0.717) is 42.8 Å². The predicted octanol–water partition coefficient (Wildman–Crippen LogP) is 7.55. The Bertz CT molecular complexity index is 1850. The Morgan fingerprint density at radius 3 is 2.29 bits per heavy atom. The Morgan fingerprint density at radius 1 is 0.878 bits per heavy atom. The molecule has 0 unspecified atom stereocenters. The van der Waals surface area contributed by atoms with Crippen molar-refractivity contribution < 1.29 is 4.79 Å². The average molecular weight is 654 g/mol. The smallest absolute Gasteiger partial charge is 0.327 e. The third kappa shape index (κ3) is 10.3. The molecule has 0 radical (unpaired) electrons. The van der Waals surface area contributed by atoms with Gasteiger partial charge in [0.15, 0.2) is 0 Å². The summed E-state index contributed by atoms with van der Waals surface area (Å²) in [5.74, 6) is 4.37. The highest BCUT2D eigenvalue weighted by Crippen LogP contribution is 2.23. The lowest BCUT2D eigenvalue weighted by Gasteiger charge is -2.21. The van der Waals surface area contributed by atoms with E-state index in [9.17, 15) is 4.79 Å². The minimum Gasteiger partial charge on any atom is -0.365 e. The highest BCUT2D eigenvalue weighted by Gasteiger charge is 2.17. The van der Waals surface area contributed by atoms with Crippen molar-refractivity contribution in [1.82, 2.24) is 30.0 Å². The van der Waals surface area contributed by atoms with E-state index in [0.717, 1.165) is 54.4 Å². The maximum Gasteiger partial charge on any atom is 0.327 e. The maximum atomic E-state index is 13.6. The molecule has 2 aromatic carbocycles. The fourth-order valence-corrected chi connectivity index (χ4v) is 5.28. The fraction of sp³-hybridized carbons (Fsp3) is 0.256. The van der Waals surface area contributed by atoms with Crippen molar-refractivity contribution in [2.24, 2.45) is 7.05 Å². The Labute approximate surface area is 288 Å². The summed E-state index contributed by atoms with van der Waals surface area (Å²) in [5, 5.41) is 14.0. The highest BCUT2D eigenvalue weighted by molar-refractivity contribution is 5.93. The highest BCUT2D eigenvalue weighted by atomic mass is 16.2. The number of nitrogens with one attached hydrogen (secondary N) is 3. The van der Waals surface area contributed by atoms with Crippen molar-refractivity contribution in [3.63, 3.8) is 0 Å². The number of pyridine rings is 1. The molecule has 0 aliphatic rings. The van der Waals surface area contributed by atoms with Gasteiger partial charge in [0.1, 0.15) is 11.6 Å². The molecule has 3 heterocycles. The molecule has 0 fully saturated rings. The van der Waals surface area contributed by atoms with Crippen LogP contribution in [0.15, 0.2) is 109 Å². The molecular formula is C39H43N9O. The number of benzene rings is 2. The van der Waals surface area contributed by atoms with E-state index in [4.69, 9.17) is 6.42 Å². The van der Waals surface area contributed by atoms with Gasteiger partial charge in [-0.25, -0.2) is 14.8 Å². The molecule has 0 aliphatic carbocycles. The van der Waals surface area contributed by atoms with Gasteiger partial charge in [0.25, 0.3) is 0 Å². The lowest BCUT2D eigenvalue weighted by Crippen LogP contribution is -2.37. The number of terminal acetylenes is 1. The number of rotatable bonds is 16. The molecule has 0 spiro atoms. The molecule has 3 N–H and O–H groups in total. The zero-order valence-electron chi connectivity index (χ0n) is 28.1. The second-order valence-corrected chi connectivity index (χ2v) is 11.7. The summed E-state index contributed by atoms with van der Waals surface area (Å²) < 4.78 is 1.76. The number of amides is 2. The molecule has 3 aromatic heterocycles. The summed E-state index contributed by atoms with van der Waals surface area (Å²) in [4.78, 5) is 29.0. The van der Waals surface area contributed by atoms with E-state index in [1.165, 1.54) is 5.57 Å². The molecule has 2 amide bonds. The summed E-state index contributed by atoms with van der Waals surface area (Å²) in [5.41, 5.74) is 5.86. The first kappa shape index (κ1) is 34.4. The molecule has 0 bridgehead atoms. The predicted molar refractivity (Wildman–Crippen MR) is 197 cm³/mol. The van der Waals surface area contributed by atoms with Crippen LogP contribution in [0.5, 0.6) is 0 Å². The number of nitrogens with zero attached hydrogens (tertiary/aromatic N) is 6. The van der Waals surface area contributed by atoms with Crippen molar-refractivity contribution in [2.75, 3.05) is 22.1 Å². The summed E-state index contributed by atoms with van der Waals surface area (Å²) in [6.45, 7) is 3.88. The van der Waals surface area contributed by atoms with Crippen LogP contribution >= 0.6 is 0 Å². The fourth-order valence-electron chi connectivity index (χ4n) is 5.28. The van der Waals surface area contributed by atoms with Crippen molar-refractivity contribution in [2.45, 2.75) is 52.1 Å². The van der Waals surface area contributed by atoms with Crippen LogP contribution < -0.4 is 20.9 Å². The first-order chi connectivity index (χ1) is 24.0. The normalized spacial score (nSPS) is 11.1. The summed E-state index contributed by atoms with van der Waals surface area (Å²) in [6, 6.07) is 23.6. The zero-order chi connectivity index (χ0) is 34.3. The number of anilines is 3. The molecule has 0 saturated heterocycles. The third-order valence-corrected chi connectivity index (χ3v) is 7.88. The lowest BCUT2D eigenvalue weighted by molar-refractivity contribution is 0.247. The molecule has 0 saturated carbocycles. The van der Waals surface area contributed by atoms with Gasteiger partial charge in [-0.15, -0.1) is 6.42 Å². The number of hydrogen-bond donors (Lipinski definition) is 3. The Hall–Kier alpha value is -5.95. The first-order valence-electron chi connectivity index (χ1n) is 16.6. The van der Waals surface area contributed by atoms with Crippen LogP contribution in [0.4, 0.5) is 22.4 Å². The number of hydrogen-bond acceptors (Lipinski definition) is 7. The largest absolute Gasteiger partial charge is 0.365 e. The molecule has 0 aliphatic heterocycles. The second kappa shape index (κ2) is 17.8. The summed E-state index contributed by atoms with van der Waals surface area (Å²) in [6.07, 6.45) is 19.3. The molecule has 10 nitrogen and oxygen atoms in total. The second-order valence-electron chi connectivity index (χ2n) is 11.7. The van der Waals surface area contributed by atoms with Crippen molar-refractivity contribution in [3.05, 3.63) is 126 Å². The van der Waals surface area contributed by atoms with Gasteiger partial charge in [-0.3, -0.25) is 9.58 Å². The summed E-state index contributed by atoms with van der Waals surface area (Å²) >= 11 is 0. The minimum atomic E-state index is -0.231. The minimum absolute atomic E-state index is 0.231. The van der Waals surface area contributed by atoms with Gasteiger partial charge in [0, 0.05) is 56.4 Å². The Kier molecular flexibility index (Phi) is 12.5. The molecular weight excluding hydrogens is 610 g/mol. The van der Waals surface area contributed by atoms with Gasteiger partial charge in [-0.2, -0.15) is 10.1 Å². The number of aryl methyl sites for hydroxylation is 1. The zero-order valence-corrected chi connectivity index (χ0v) is 28.1. The van der Waals surface area contributed by atoms with Crippen LogP contribution in [0.25, 0.3) is 11.1 Å². The van der Waals surface area contributed by atoms with E-state index in [-0.39, 0.29) is 6.03 Å². The average Bonchev–Trinajstić information content (AvgIpc) is 3.58. The van der Waals surface area contributed by atoms with Crippen molar-refractivity contribution in [1.29, 1.82) is 0 Å². The first-order valence-corrected chi connectivity index (χ1v) is 16.6. The maximum absolute atomic E-state index is 13.6. The van der Waals surface area contributed by atoms with E-state index >= 15 is 0 Å². The van der Waals surface area contributed by atoms with Gasteiger partial charge >= 0.3 is 6.03 Å². The van der Waals surface area contributed by atoms with Crippen LogP contribution in [-0.2, 0) is 20.1 Å². The molecule has 250 valence electrons. The lowest BCUT2D eigenvalue weighted by atomic mass is 10.0. The number of carbonyl (C=O) groups excluding carboxylic acids is 1. The number of urea groups is 1. The van der Waals surface area contributed by atoms with Crippen molar-refractivity contribution in [3.8, 4) is 23.5 Å². The monoisotopic (exact) mass is 653 g/mol. The number of aromatic nitrogens is 5. The van der Waals surface area contributed by atoms with Gasteiger partial charge < -0.3 is 16.0 Å². The van der Waals surface area contributed by atoms with Crippen LogP contribution in [0.2, 0.25) is 0 Å². The third-order valence-electron chi connectivity index (χ3n) is 7.88. The van der Waals surface area contributed by atoms with Gasteiger partial charge in [0.05, 0.1) is 18.0 Å². The van der Waals surface area contributed by atoms with Crippen molar-refractivity contribution >= 4 is 23.6 Å². The van der Waals surface area contributed by atoms with E-state index < -0.39 is 0 Å². The van der Waals surface area contributed by atoms with Crippen LogP contribution in [0.1, 0.15) is 55.7 Å². The van der Waals surface area contributed by atoms with E-state index in [1.807, 2.05) is 80.1 Å². The number of unbranched alkanes of at least 4 members (excludes halogenated alkanes) is 1. The van der Waals surface area contributed by atoms with E-state index in [1.54, 1.807) is 28.2 Å². The summed E-state index contributed by atoms with van der Waals surface area (Å²) in [7, 11) is 1.88. The molecule has 49 heavy (non-hydrogen) atoms. The SMILES string of the molecule is C#Cc1cnc(NCCCC/C(=C/N(C(=O)NCc2ccccc2)c2ccc(-c3cnn(C)c3)cn2)CCC)nc1NCc1ccccc1. The molecule has 5 aromatic rings. The van der Waals surface area contributed by atoms with Gasteiger partial charge in [-0.1, -0.05) is 85.5 Å². The quantitative estimate of drug-likeness (QED) is 0.0745. The number of carbonyl (C=O) groups is 1. The van der Waals surface area contributed by atoms with Crippen LogP contribution in [-0.4, -0.2) is 37.3 Å².